The summed E-state index contributed by atoms with van der Waals surface area (Å²) >= 11 is 0. The minimum Gasteiger partial charge on any atom is -0.489 e. The molecule has 0 heterocycles. The molecule has 2 aromatic carbocycles. The first-order chi connectivity index (χ1) is 11.7. The van der Waals surface area contributed by atoms with Gasteiger partial charge in [-0.15, -0.1) is 0 Å². The third kappa shape index (κ3) is 3.85. The fourth-order valence-corrected chi connectivity index (χ4v) is 2.89. The zero-order valence-electron chi connectivity index (χ0n) is 14.1. The molecule has 3 rings (SSSR count). The minimum atomic E-state index is -0.257. The van der Waals surface area contributed by atoms with Crippen molar-refractivity contribution in [3.63, 3.8) is 0 Å². The summed E-state index contributed by atoms with van der Waals surface area (Å²) in [6.07, 6.45) is 2.25. The van der Waals surface area contributed by atoms with E-state index < -0.39 is 0 Å². The van der Waals surface area contributed by atoms with Gasteiger partial charge in [-0.3, -0.25) is 0 Å². The summed E-state index contributed by atoms with van der Waals surface area (Å²) in [6.45, 7) is 2.37. The summed E-state index contributed by atoms with van der Waals surface area (Å²) < 4.78 is 10.8. The number of allylic oxidation sites excluding steroid dienone is 1. The van der Waals surface area contributed by atoms with E-state index in [4.69, 9.17) is 9.47 Å². The SMILES string of the molecule is COC(=O)C(C)=C(c1cccc(OCc2ccccc2)c1)C1CC1. The van der Waals surface area contributed by atoms with Crippen LogP contribution in [0.5, 0.6) is 5.75 Å². The monoisotopic (exact) mass is 322 g/mol. The molecule has 124 valence electrons. The second kappa shape index (κ2) is 7.35. The molecule has 1 aliphatic carbocycles. The molecule has 0 saturated heterocycles. The van der Waals surface area contributed by atoms with Crippen LogP contribution < -0.4 is 4.74 Å². The van der Waals surface area contributed by atoms with E-state index in [1.807, 2.05) is 61.5 Å². The topological polar surface area (TPSA) is 35.5 Å². The molecule has 1 aliphatic rings. The highest BCUT2D eigenvalue weighted by Crippen LogP contribution is 2.44. The molecule has 0 aromatic heterocycles. The normalized spacial score (nSPS) is 14.8. The third-order valence-corrected chi connectivity index (χ3v) is 4.27. The van der Waals surface area contributed by atoms with Crippen molar-refractivity contribution in [2.45, 2.75) is 26.4 Å². The summed E-state index contributed by atoms with van der Waals surface area (Å²) in [4.78, 5) is 11.9. The number of hydrogen-bond acceptors (Lipinski definition) is 3. The highest BCUT2D eigenvalue weighted by molar-refractivity contribution is 5.98. The van der Waals surface area contributed by atoms with Gasteiger partial charge in [0.2, 0.25) is 0 Å². The van der Waals surface area contributed by atoms with Crippen LogP contribution in [-0.2, 0) is 16.1 Å². The van der Waals surface area contributed by atoms with E-state index >= 15 is 0 Å². The van der Waals surface area contributed by atoms with E-state index in [1.54, 1.807) is 0 Å². The van der Waals surface area contributed by atoms with Crippen LogP contribution in [0.1, 0.15) is 30.9 Å². The van der Waals surface area contributed by atoms with E-state index in [2.05, 4.69) is 0 Å². The van der Waals surface area contributed by atoms with E-state index in [0.717, 1.165) is 35.3 Å². The van der Waals surface area contributed by atoms with Gasteiger partial charge in [0.25, 0.3) is 0 Å². The van der Waals surface area contributed by atoms with Gasteiger partial charge in [-0.05, 0) is 54.5 Å². The number of carbonyl (C=O) groups is 1. The highest BCUT2D eigenvalue weighted by atomic mass is 16.5. The lowest BCUT2D eigenvalue weighted by atomic mass is 9.96. The number of carbonyl (C=O) groups excluding carboxylic acids is 1. The zero-order chi connectivity index (χ0) is 16.9. The summed E-state index contributed by atoms with van der Waals surface area (Å²) in [7, 11) is 1.43. The van der Waals surface area contributed by atoms with Crippen molar-refractivity contribution in [3.05, 3.63) is 71.3 Å². The first-order valence-corrected chi connectivity index (χ1v) is 8.25. The summed E-state index contributed by atoms with van der Waals surface area (Å²) in [5, 5.41) is 0. The first kappa shape index (κ1) is 16.3. The van der Waals surface area contributed by atoms with Crippen molar-refractivity contribution in [2.75, 3.05) is 7.11 Å². The maximum absolute atomic E-state index is 11.9. The van der Waals surface area contributed by atoms with E-state index in [-0.39, 0.29) is 5.97 Å². The molecule has 2 aromatic rings. The predicted octanol–water partition coefficient (Wildman–Crippen LogP) is 4.62. The Morgan fingerprint density at radius 3 is 2.50 bits per heavy atom. The number of esters is 1. The molecular formula is C21H22O3. The molecule has 0 unspecified atom stereocenters. The Bertz CT molecular complexity index is 743. The number of hydrogen-bond donors (Lipinski definition) is 0. The summed E-state index contributed by atoms with van der Waals surface area (Å²) in [5.41, 5.74) is 3.96. The van der Waals surface area contributed by atoms with Gasteiger partial charge in [0.15, 0.2) is 0 Å². The maximum Gasteiger partial charge on any atom is 0.333 e. The molecule has 24 heavy (non-hydrogen) atoms. The van der Waals surface area contributed by atoms with Crippen LogP contribution in [0.2, 0.25) is 0 Å². The largest absolute Gasteiger partial charge is 0.489 e. The van der Waals surface area contributed by atoms with Crippen LogP contribution in [0.25, 0.3) is 5.57 Å². The summed E-state index contributed by atoms with van der Waals surface area (Å²) in [6, 6.07) is 18.1. The van der Waals surface area contributed by atoms with Crippen LogP contribution >= 0.6 is 0 Å². The van der Waals surface area contributed by atoms with Crippen molar-refractivity contribution in [3.8, 4) is 5.75 Å². The Labute approximate surface area is 142 Å². The van der Waals surface area contributed by atoms with Crippen LogP contribution in [0.4, 0.5) is 0 Å². The maximum atomic E-state index is 11.9. The fraction of sp³-hybridized carbons (Fsp3) is 0.286. The average molecular weight is 322 g/mol. The Morgan fingerprint density at radius 2 is 1.83 bits per heavy atom. The lowest BCUT2D eigenvalue weighted by Crippen LogP contribution is -2.06. The zero-order valence-corrected chi connectivity index (χ0v) is 14.1. The van der Waals surface area contributed by atoms with Gasteiger partial charge < -0.3 is 9.47 Å². The van der Waals surface area contributed by atoms with Crippen LogP contribution in [0, 0.1) is 5.92 Å². The smallest absolute Gasteiger partial charge is 0.333 e. The molecule has 0 spiro atoms. The molecule has 0 atom stereocenters. The first-order valence-electron chi connectivity index (χ1n) is 8.25. The molecule has 3 nitrogen and oxygen atoms in total. The molecule has 1 saturated carbocycles. The van der Waals surface area contributed by atoms with Crippen molar-refractivity contribution >= 4 is 11.5 Å². The van der Waals surface area contributed by atoms with Gasteiger partial charge in [-0.2, -0.15) is 0 Å². The lowest BCUT2D eigenvalue weighted by molar-refractivity contribution is -0.135. The van der Waals surface area contributed by atoms with Gasteiger partial charge >= 0.3 is 5.97 Å². The Hall–Kier alpha value is -2.55. The van der Waals surface area contributed by atoms with Crippen molar-refractivity contribution < 1.29 is 14.3 Å². The Kier molecular flexibility index (Phi) is 4.99. The third-order valence-electron chi connectivity index (χ3n) is 4.27. The molecule has 1 fully saturated rings. The second-order valence-electron chi connectivity index (χ2n) is 6.11. The van der Waals surface area contributed by atoms with Crippen LogP contribution in [0.15, 0.2) is 60.2 Å². The molecular weight excluding hydrogens is 300 g/mol. The molecule has 0 N–H and O–H groups in total. The lowest BCUT2D eigenvalue weighted by Gasteiger charge is -2.13. The van der Waals surface area contributed by atoms with Crippen molar-refractivity contribution in [1.29, 1.82) is 0 Å². The molecule has 0 bridgehead atoms. The molecule has 0 radical (unpaired) electrons. The second-order valence-corrected chi connectivity index (χ2v) is 6.11. The average Bonchev–Trinajstić information content (AvgIpc) is 3.45. The van der Waals surface area contributed by atoms with E-state index in [9.17, 15) is 4.79 Å². The number of benzene rings is 2. The van der Waals surface area contributed by atoms with Gasteiger partial charge in [-0.1, -0.05) is 42.5 Å². The van der Waals surface area contributed by atoms with E-state index in [1.165, 1.54) is 7.11 Å². The van der Waals surface area contributed by atoms with Crippen LogP contribution in [-0.4, -0.2) is 13.1 Å². The van der Waals surface area contributed by atoms with E-state index in [0.29, 0.717) is 18.1 Å². The number of methoxy groups -OCH3 is 1. The standard InChI is InChI=1S/C21H22O3/c1-15(21(22)23-2)20(17-11-12-17)18-9-6-10-19(13-18)24-14-16-7-4-3-5-8-16/h3-10,13,17H,11-12,14H2,1-2H3. The Morgan fingerprint density at radius 1 is 1.08 bits per heavy atom. The number of ether oxygens (including phenoxy) is 2. The van der Waals surface area contributed by atoms with Gasteiger partial charge in [0.1, 0.15) is 12.4 Å². The minimum absolute atomic E-state index is 0.257. The predicted molar refractivity (Wildman–Crippen MR) is 94.6 cm³/mol. The van der Waals surface area contributed by atoms with Gasteiger partial charge in [0, 0.05) is 5.57 Å². The number of rotatable bonds is 6. The Balaban J connectivity index is 1.82. The highest BCUT2D eigenvalue weighted by Gasteiger charge is 2.30. The molecule has 3 heteroatoms. The van der Waals surface area contributed by atoms with Crippen molar-refractivity contribution in [2.24, 2.45) is 5.92 Å². The van der Waals surface area contributed by atoms with Crippen molar-refractivity contribution in [1.82, 2.24) is 0 Å². The van der Waals surface area contributed by atoms with Gasteiger partial charge in [0.05, 0.1) is 7.11 Å². The molecule has 0 amide bonds. The van der Waals surface area contributed by atoms with Crippen LogP contribution in [0.3, 0.4) is 0 Å². The fourth-order valence-electron chi connectivity index (χ4n) is 2.89. The quantitative estimate of drug-likeness (QED) is 0.575. The summed E-state index contributed by atoms with van der Waals surface area (Å²) in [5.74, 6) is 1.01. The molecule has 0 aliphatic heterocycles. The van der Waals surface area contributed by atoms with Gasteiger partial charge in [-0.25, -0.2) is 4.79 Å².